The van der Waals surface area contributed by atoms with Crippen LogP contribution in [0.1, 0.15) is 123 Å². The van der Waals surface area contributed by atoms with Crippen molar-refractivity contribution in [3.05, 3.63) is 97.2 Å². The first-order valence-electron chi connectivity index (χ1n) is 24.4. The smallest absolute Gasteiger partial charge is 0.462 e. The Kier molecular flexibility index (Phi) is 32.7. The molecule has 2 unspecified atom stereocenters. The van der Waals surface area contributed by atoms with Gasteiger partial charge in [-0.05, 0) is 70.6 Å². The van der Waals surface area contributed by atoms with Gasteiger partial charge in [0.25, 0.3) is 0 Å². The van der Waals surface area contributed by atoms with Gasteiger partial charge in [0.1, 0.15) is 43.2 Å². The van der Waals surface area contributed by atoms with Crippen molar-refractivity contribution in [2.24, 2.45) is 5.92 Å². The molecule has 0 aliphatic carbocycles. The van der Waals surface area contributed by atoms with Gasteiger partial charge in [0, 0.05) is 25.2 Å². The molecule has 1 fully saturated rings. The van der Waals surface area contributed by atoms with E-state index in [1.54, 1.807) is 12.2 Å². The number of hydrogen-bond acceptors (Lipinski definition) is 16. The van der Waals surface area contributed by atoms with E-state index in [0.717, 1.165) is 51.0 Å². The fourth-order valence-corrected chi connectivity index (χ4v) is 8.21. The van der Waals surface area contributed by atoms with Crippen molar-refractivity contribution in [1.82, 2.24) is 0 Å². The molecule has 69 heavy (non-hydrogen) atoms. The van der Waals surface area contributed by atoms with Crippen LogP contribution in [0.2, 0.25) is 0 Å². The molecule has 13 atom stereocenters. The van der Waals surface area contributed by atoms with Gasteiger partial charge in [0.05, 0.1) is 24.9 Å². The summed E-state index contributed by atoms with van der Waals surface area (Å²) in [6.07, 6.45) is 16.6. The van der Waals surface area contributed by atoms with Crippen molar-refractivity contribution >= 4 is 19.8 Å². The minimum Gasteiger partial charge on any atom is -0.462 e. The van der Waals surface area contributed by atoms with Crippen LogP contribution < -0.4 is 0 Å². The van der Waals surface area contributed by atoms with Gasteiger partial charge in [-0.25, -0.2) is 4.57 Å². The van der Waals surface area contributed by atoms with Crippen molar-refractivity contribution in [2.75, 3.05) is 13.2 Å². The largest absolute Gasteiger partial charge is 0.472 e. The molecule has 0 aromatic heterocycles. The first-order valence-corrected chi connectivity index (χ1v) is 25.9. The molecule has 0 amide bonds. The summed E-state index contributed by atoms with van der Waals surface area (Å²) in [7, 11) is -5.50. The molecule has 9 N–H and O–H groups in total. The summed E-state index contributed by atoms with van der Waals surface area (Å²) in [5, 5.41) is 89.4. The fourth-order valence-electron chi connectivity index (χ4n) is 7.24. The van der Waals surface area contributed by atoms with E-state index in [4.69, 9.17) is 23.3 Å². The molecule has 2 bridgehead atoms. The summed E-state index contributed by atoms with van der Waals surface area (Å²) in [6.45, 7) is 2.60. The molecular weight excluding hydrogens is 916 g/mol. The number of ether oxygens (including phenoxy) is 3. The molecule has 0 saturated carbocycles. The van der Waals surface area contributed by atoms with Crippen LogP contribution >= 0.6 is 7.82 Å². The molecule has 0 spiro atoms. The third kappa shape index (κ3) is 27.1. The van der Waals surface area contributed by atoms with Gasteiger partial charge in [0.2, 0.25) is 0 Å². The van der Waals surface area contributed by atoms with Crippen LogP contribution in [0.25, 0.3) is 0 Å². The summed E-state index contributed by atoms with van der Waals surface area (Å²) in [4.78, 5) is 36.5. The third-order valence-electron chi connectivity index (χ3n) is 11.2. The van der Waals surface area contributed by atoms with Gasteiger partial charge in [-0.3, -0.25) is 18.6 Å². The minimum atomic E-state index is -5.50. The van der Waals surface area contributed by atoms with Crippen molar-refractivity contribution in [3.8, 4) is 0 Å². The van der Waals surface area contributed by atoms with E-state index in [1.807, 2.05) is 25.2 Å². The van der Waals surface area contributed by atoms with Gasteiger partial charge in [-0.2, -0.15) is 0 Å². The summed E-state index contributed by atoms with van der Waals surface area (Å²) in [5.74, 6) is -2.75. The lowest BCUT2D eigenvalue weighted by Crippen LogP contribution is -2.58. The number of phosphoric acid groups is 1. The van der Waals surface area contributed by atoms with Gasteiger partial charge < -0.3 is 60.0 Å². The van der Waals surface area contributed by atoms with Crippen LogP contribution in [0, 0.1) is 5.92 Å². The lowest BCUT2D eigenvalue weighted by molar-refractivity contribution is -0.213. The number of phosphoric ester groups is 1. The molecule has 2 heterocycles. The molecule has 2 aliphatic heterocycles. The van der Waals surface area contributed by atoms with E-state index >= 15 is 0 Å². The molecule has 0 aromatic rings. The van der Waals surface area contributed by atoms with Crippen LogP contribution in [0.3, 0.4) is 0 Å². The third-order valence-corrected chi connectivity index (χ3v) is 12.2. The standard InChI is InChI=1S/C51H81O17P/c1-3-5-7-8-9-10-11-12-13-14-15-16-17-18-19-20-21-22-28-32-44(55)66-39-36-64-43(54)31-27-24-23-26-30-40-41(53)35-45(56)67-42(34-33-38(52)29-25-6-4-2)47(58)49(60)51(50(61)48(59)46(40)57)68-69(62,63)65-37-39/h5,7,9-10,12-13,15-16,18-19,21-23,26,33-34,38-42,45-53,56-61H,3-4,6,8,11,14,17,20,24-25,27-32,35-37H2,1-2H3,(H,62,63)/b7-5-,10-9-,13-12-,16-15-,19-18-,22-21-,26-23?,34-33+/t38-,39+,40-,41-,42+,45?,46+,47+,48-,49+,50+,51+/m0/s1. The Bertz CT molecular complexity index is 1710. The van der Waals surface area contributed by atoms with Crippen LogP contribution in [0.15, 0.2) is 97.2 Å². The molecule has 392 valence electrons. The van der Waals surface area contributed by atoms with Crippen molar-refractivity contribution in [2.45, 2.75) is 190 Å². The van der Waals surface area contributed by atoms with Crippen LogP contribution in [-0.4, -0.2) is 138 Å². The Labute approximate surface area is 408 Å². The van der Waals surface area contributed by atoms with Crippen LogP contribution in [0.4, 0.5) is 0 Å². The highest BCUT2D eigenvalue weighted by atomic mass is 31.2. The SMILES string of the molecule is CC/C=C\C/C=C\C/C=C\C/C=C\C/C=C\C/C=C\CCC(=O)O[C@@H]1COC(=O)CCCC=CC[C@@H]2[C@@H](O)[C@H](O)[C@@H](O)[C@H](OP(=O)(O)OC1)[C@H](O)[C@H](O)[C@@H](/C=C/[C@@H](O)CCCCC)OC(O)C[C@@H]2O. The van der Waals surface area contributed by atoms with E-state index in [9.17, 15) is 59.9 Å². The van der Waals surface area contributed by atoms with Gasteiger partial charge in [0.15, 0.2) is 12.4 Å². The van der Waals surface area contributed by atoms with Crippen molar-refractivity contribution < 1.29 is 83.2 Å². The topological polar surface area (TPSA) is 279 Å². The van der Waals surface area contributed by atoms with E-state index < -0.39 is 113 Å². The number of fused-ring (bicyclic) bond motifs is 4. The van der Waals surface area contributed by atoms with Crippen molar-refractivity contribution in [1.29, 1.82) is 0 Å². The summed E-state index contributed by atoms with van der Waals surface area (Å²) >= 11 is 0. The number of unbranched alkanes of at least 4 members (excludes halogenated alkanes) is 2. The average Bonchev–Trinajstić information content (AvgIpc) is 3.31. The number of allylic oxidation sites excluding steroid dienone is 14. The monoisotopic (exact) mass is 997 g/mol. The fraction of sp³-hybridized carbons (Fsp3) is 0.647. The van der Waals surface area contributed by atoms with E-state index in [1.165, 1.54) is 12.2 Å². The lowest BCUT2D eigenvalue weighted by atomic mass is 9.83. The zero-order valence-corrected chi connectivity index (χ0v) is 41.2. The number of carbonyl (C=O) groups is 2. The highest BCUT2D eigenvalue weighted by molar-refractivity contribution is 7.47. The normalized spacial score (nSPS) is 31.8. The number of rotatable bonds is 21. The Hall–Kier alpha value is -3.39. The first-order chi connectivity index (χ1) is 33.1. The zero-order chi connectivity index (χ0) is 50.9. The molecule has 2 rings (SSSR count). The van der Waals surface area contributed by atoms with Gasteiger partial charge >= 0.3 is 19.8 Å². The summed E-state index contributed by atoms with van der Waals surface area (Å²) in [6, 6.07) is 0. The van der Waals surface area contributed by atoms with Crippen LogP contribution in [-0.2, 0) is 37.4 Å². The number of esters is 2. The molecule has 18 heteroatoms. The minimum absolute atomic E-state index is 0.0768. The number of aliphatic hydroxyl groups is 8. The Morgan fingerprint density at radius 2 is 1.38 bits per heavy atom. The Morgan fingerprint density at radius 1 is 0.783 bits per heavy atom. The maximum Gasteiger partial charge on any atom is 0.472 e. The highest BCUT2D eigenvalue weighted by Crippen LogP contribution is 2.47. The van der Waals surface area contributed by atoms with Gasteiger partial charge in [-0.15, -0.1) is 0 Å². The van der Waals surface area contributed by atoms with E-state index in [2.05, 4.69) is 55.5 Å². The van der Waals surface area contributed by atoms with E-state index in [0.29, 0.717) is 25.7 Å². The lowest BCUT2D eigenvalue weighted by Gasteiger charge is -2.39. The van der Waals surface area contributed by atoms with E-state index in [-0.39, 0.29) is 32.1 Å². The summed E-state index contributed by atoms with van der Waals surface area (Å²) < 4.78 is 40.2. The Balaban J connectivity index is 2.19. The number of cyclic esters (lactones) is 1. The summed E-state index contributed by atoms with van der Waals surface area (Å²) in [5.41, 5.74) is 0. The average molecular weight is 997 g/mol. The molecule has 17 nitrogen and oxygen atoms in total. The molecule has 1 saturated heterocycles. The second kappa shape index (κ2) is 36.5. The number of aliphatic hydroxyl groups excluding tert-OH is 8. The predicted octanol–water partition coefficient (Wildman–Crippen LogP) is 5.94. The quantitative estimate of drug-likeness (QED) is 0.0279. The second-order valence-electron chi connectivity index (χ2n) is 17.1. The predicted molar refractivity (Wildman–Crippen MR) is 261 cm³/mol. The molecule has 0 radical (unpaired) electrons. The maximum atomic E-state index is 13.6. The second-order valence-corrected chi connectivity index (χ2v) is 18.5. The molecule has 2 aliphatic rings. The number of hydrogen-bond donors (Lipinski definition) is 9. The Morgan fingerprint density at radius 3 is 1.99 bits per heavy atom. The zero-order valence-electron chi connectivity index (χ0n) is 40.3. The van der Waals surface area contributed by atoms with Crippen LogP contribution in [0.5, 0.6) is 0 Å². The van der Waals surface area contributed by atoms with Crippen molar-refractivity contribution in [3.63, 3.8) is 0 Å². The molecule has 0 aromatic carbocycles. The van der Waals surface area contributed by atoms with Gasteiger partial charge in [-0.1, -0.05) is 130 Å². The molecular formula is C51H81O17P. The highest BCUT2D eigenvalue weighted by Gasteiger charge is 2.48. The first kappa shape index (κ1) is 61.7. The maximum absolute atomic E-state index is 13.6. The number of carbonyl (C=O) groups excluding carboxylic acids is 2.